The van der Waals surface area contributed by atoms with Crippen LogP contribution in [0.15, 0.2) is 48.5 Å². The topological polar surface area (TPSA) is 46.2 Å². The highest BCUT2D eigenvalue weighted by molar-refractivity contribution is 5.96. The molecule has 2 rings (SSSR count). The first-order valence-electron chi connectivity index (χ1n) is 8.15. The Balaban J connectivity index is 1.64. The fraction of sp³-hybridized carbons (Fsp3) is 0.300. The van der Waals surface area contributed by atoms with Crippen LogP contribution in [0.2, 0.25) is 0 Å². The standard InChI is InChI=1S/C20H22FNO2/c1-15-4-2-5-16(14-15)12-13-22-20(24)7-3-6-19(23)17-8-10-18(21)11-9-17/h2,4-5,8-11,14H,3,6-7,12-13H2,1H3,(H,22,24). The summed E-state index contributed by atoms with van der Waals surface area (Å²) >= 11 is 0. The van der Waals surface area contributed by atoms with Crippen LogP contribution in [0, 0.1) is 12.7 Å². The van der Waals surface area contributed by atoms with Gasteiger partial charge in [-0.1, -0.05) is 29.8 Å². The molecule has 0 aliphatic carbocycles. The molecule has 3 nitrogen and oxygen atoms in total. The lowest BCUT2D eigenvalue weighted by atomic mass is 10.1. The number of ketones is 1. The largest absolute Gasteiger partial charge is 0.356 e. The third-order valence-corrected chi connectivity index (χ3v) is 3.79. The van der Waals surface area contributed by atoms with Gasteiger partial charge in [-0.3, -0.25) is 9.59 Å². The van der Waals surface area contributed by atoms with Crippen LogP contribution < -0.4 is 5.32 Å². The van der Waals surface area contributed by atoms with Gasteiger partial charge in [0.1, 0.15) is 5.82 Å². The second kappa shape index (κ2) is 8.96. The summed E-state index contributed by atoms with van der Waals surface area (Å²) in [5.74, 6) is -0.475. The highest BCUT2D eigenvalue weighted by Gasteiger charge is 2.08. The lowest BCUT2D eigenvalue weighted by Crippen LogP contribution is -2.25. The van der Waals surface area contributed by atoms with Crippen LogP contribution in [-0.4, -0.2) is 18.2 Å². The van der Waals surface area contributed by atoms with Gasteiger partial charge in [-0.2, -0.15) is 0 Å². The summed E-state index contributed by atoms with van der Waals surface area (Å²) in [4.78, 5) is 23.7. The number of hydrogen-bond donors (Lipinski definition) is 1. The van der Waals surface area contributed by atoms with Gasteiger partial charge in [-0.25, -0.2) is 4.39 Å². The summed E-state index contributed by atoms with van der Waals surface area (Å²) in [6.07, 6.45) is 1.89. The average Bonchev–Trinajstić information content (AvgIpc) is 2.55. The number of carbonyl (C=O) groups is 2. The van der Waals surface area contributed by atoms with Crippen molar-refractivity contribution in [3.05, 3.63) is 71.0 Å². The maximum absolute atomic E-state index is 12.8. The normalized spacial score (nSPS) is 10.4. The minimum atomic E-state index is -0.362. The van der Waals surface area contributed by atoms with E-state index in [4.69, 9.17) is 0 Å². The van der Waals surface area contributed by atoms with Crippen molar-refractivity contribution >= 4 is 11.7 Å². The molecule has 0 atom stereocenters. The monoisotopic (exact) mass is 327 g/mol. The lowest BCUT2D eigenvalue weighted by molar-refractivity contribution is -0.121. The Morgan fingerprint density at radius 2 is 1.79 bits per heavy atom. The molecular formula is C20H22FNO2. The van der Waals surface area contributed by atoms with Crippen LogP contribution in [0.3, 0.4) is 0 Å². The van der Waals surface area contributed by atoms with Gasteiger partial charge in [0.05, 0.1) is 0 Å². The lowest BCUT2D eigenvalue weighted by Gasteiger charge is -2.06. The molecule has 0 saturated heterocycles. The first-order valence-corrected chi connectivity index (χ1v) is 8.15. The van der Waals surface area contributed by atoms with Gasteiger partial charge in [-0.05, 0) is 49.6 Å². The molecule has 0 aliphatic heterocycles. The molecule has 2 aromatic carbocycles. The van der Waals surface area contributed by atoms with Crippen molar-refractivity contribution in [2.45, 2.75) is 32.6 Å². The smallest absolute Gasteiger partial charge is 0.220 e. The summed E-state index contributed by atoms with van der Waals surface area (Å²) in [6.45, 7) is 2.63. The molecule has 0 radical (unpaired) electrons. The molecule has 1 amide bonds. The Hall–Kier alpha value is -2.49. The van der Waals surface area contributed by atoms with E-state index in [2.05, 4.69) is 11.4 Å². The van der Waals surface area contributed by atoms with E-state index in [0.29, 0.717) is 24.9 Å². The number of Topliss-reactive ketones (excluding diaryl/α,β-unsaturated/α-hetero) is 1. The molecular weight excluding hydrogens is 305 g/mol. The minimum absolute atomic E-state index is 0.0467. The molecule has 126 valence electrons. The predicted molar refractivity (Wildman–Crippen MR) is 92.5 cm³/mol. The van der Waals surface area contributed by atoms with Crippen molar-refractivity contribution in [1.82, 2.24) is 5.32 Å². The molecule has 0 fully saturated rings. The van der Waals surface area contributed by atoms with Gasteiger partial charge in [0, 0.05) is 24.9 Å². The Morgan fingerprint density at radius 3 is 2.50 bits per heavy atom. The van der Waals surface area contributed by atoms with Gasteiger partial charge in [0.2, 0.25) is 5.91 Å². The van der Waals surface area contributed by atoms with E-state index in [1.807, 2.05) is 25.1 Å². The van der Waals surface area contributed by atoms with E-state index in [9.17, 15) is 14.0 Å². The Labute approximate surface area is 141 Å². The SMILES string of the molecule is Cc1cccc(CCNC(=O)CCCC(=O)c2ccc(F)cc2)c1. The van der Waals surface area contributed by atoms with Gasteiger partial charge in [0.25, 0.3) is 0 Å². The fourth-order valence-corrected chi connectivity index (χ4v) is 2.49. The van der Waals surface area contributed by atoms with Crippen LogP contribution in [0.25, 0.3) is 0 Å². The minimum Gasteiger partial charge on any atom is -0.356 e. The van der Waals surface area contributed by atoms with E-state index in [-0.39, 0.29) is 23.9 Å². The van der Waals surface area contributed by atoms with Crippen LogP contribution in [0.4, 0.5) is 4.39 Å². The molecule has 0 bridgehead atoms. The van der Waals surface area contributed by atoms with Crippen LogP contribution in [-0.2, 0) is 11.2 Å². The second-order valence-electron chi connectivity index (χ2n) is 5.87. The third-order valence-electron chi connectivity index (χ3n) is 3.79. The number of hydrogen-bond acceptors (Lipinski definition) is 2. The third kappa shape index (κ3) is 5.95. The van der Waals surface area contributed by atoms with Crippen molar-refractivity contribution < 1.29 is 14.0 Å². The zero-order chi connectivity index (χ0) is 17.4. The summed E-state index contributed by atoms with van der Waals surface area (Å²) in [5, 5.41) is 2.87. The summed E-state index contributed by atoms with van der Waals surface area (Å²) < 4.78 is 12.8. The van der Waals surface area contributed by atoms with Gasteiger partial charge in [-0.15, -0.1) is 0 Å². The zero-order valence-corrected chi connectivity index (χ0v) is 13.8. The van der Waals surface area contributed by atoms with Crippen LogP contribution in [0.5, 0.6) is 0 Å². The summed E-state index contributed by atoms with van der Waals surface area (Å²) in [5.41, 5.74) is 2.89. The Bertz CT molecular complexity index is 695. The molecule has 0 aromatic heterocycles. The van der Waals surface area contributed by atoms with Crippen LogP contribution >= 0.6 is 0 Å². The average molecular weight is 327 g/mol. The number of benzene rings is 2. The van der Waals surface area contributed by atoms with Crippen molar-refractivity contribution in [2.24, 2.45) is 0 Å². The molecule has 4 heteroatoms. The van der Waals surface area contributed by atoms with Crippen molar-refractivity contribution in [3.8, 4) is 0 Å². The van der Waals surface area contributed by atoms with Crippen LogP contribution in [0.1, 0.15) is 40.7 Å². The number of rotatable bonds is 8. The molecule has 0 aliphatic rings. The number of halogens is 1. The van der Waals surface area contributed by atoms with Crippen molar-refractivity contribution in [2.75, 3.05) is 6.54 Å². The van der Waals surface area contributed by atoms with E-state index in [0.717, 1.165) is 6.42 Å². The summed E-state index contributed by atoms with van der Waals surface area (Å²) in [7, 11) is 0. The zero-order valence-electron chi connectivity index (χ0n) is 13.8. The molecule has 24 heavy (non-hydrogen) atoms. The molecule has 0 spiro atoms. The Morgan fingerprint density at radius 1 is 1.04 bits per heavy atom. The fourth-order valence-electron chi connectivity index (χ4n) is 2.49. The van der Waals surface area contributed by atoms with Gasteiger partial charge >= 0.3 is 0 Å². The second-order valence-corrected chi connectivity index (χ2v) is 5.87. The highest BCUT2D eigenvalue weighted by Crippen LogP contribution is 2.09. The van der Waals surface area contributed by atoms with E-state index in [1.54, 1.807) is 0 Å². The number of aryl methyl sites for hydroxylation is 1. The van der Waals surface area contributed by atoms with Crippen molar-refractivity contribution in [1.29, 1.82) is 0 Å². The Kier molecular flexibility index (Phi) is 6.67. The van der Waals surface area contributed by atoms with Gasteiger partial charge < -0.3 is 5.32 Å². The quantitative estimate of drug-likeness (QED) is 0.749. The highest BCUT2D eigenvalue weighted by atomic mass is 19.1. The predicted octanol–water partition coefficient (Wildman–Crippen LogP) is 3.85. The number of nitrogens with one attached hydrogen (secondary N) is 1. The molecule has 1 N–H and O–H groups in total. The molecule has 2 aromatic rings. The summed E-state index contributed by atoms with van der Waals surface area (Å²) in [6, 6.07) is 13.7. The van der Waals surface area contributed by atoms with Crippen molar-refractivity contribution in [3.63, 3.8) is 0 Å². The first kappa shape index (κ1) is 17.9. The maximum atomic E-state index is 12.8. The van der Waals surface area contributed by atoms with Gasteiger partial charge in [0.15, 0.2) is 5.78 Å². The molecule has 0 unspecified atom stereocenters. The molecule has 0 heterocycles. The van der Waals surface area contributed by atoms with E-state index >= 15 is 0 Å². The number of carbonyl (C=O) groups excluding carboxylic acids is 2. The number of amides is 1. The first-order chi connectivity index (χ1) is 11.5. The van der Waals surface area contributed by atoms with E-state index < -0.39 is 0 Å². The maximum Gasteiger partial charge on any atom is 0.220 e. The van der Waals surface area contributed by atoms with E-state index in [1.165, 1.54) is 35.4 Å². The molecule has 0 saturated carbocycles.